The van der Waals surface area contributed by atoms with Gasteiger partial charge in [0.25, 0.3) is 5.91 Å². The van der Waals surface area contributed by atoms with Gasteiger partial charge in [0.05, 0.1) is 5.56 Å². The zero-order chi connectivity index (χ0) is 15.5. The number of likely N-dealkylation sites (tertiary alicyclic amines) is 1. The Morgan fingerprint density at radius 2 is 2.00 bits per heavy atom. The molecule has 0 spiro atoms. The Kier molecular flexibility index (Phi) is 4.41. The molecule has 1 aliphatic heterocycles. The smallest absolute Gasteiger partial charge is 0.255 e. The number of nitrogens with one attached hydrogen (secondary N) is 1. The Morgan fingerprint density at radius 1 is 1.27 bits per heavy atom. The molecule has 1 aromatic rings. The first kappa shape index (κ1) is 15.0. The number of amides is 2. The predicted octanol–water partition coefficient (Wildman–Crippen LogP) is 1.85. The van der Waals surface area contributed by atoms with Crippen LogP contribution >= 0.6 is 0 Å². The fourth-order valence-corrected chi connectivity index (χ4v) is 3.07. The van der Waals surface area contributed by atoms with E-state index in [9.17, 15) is 9.59 Å². The van der Waals surface area contributed by atoms with Crippen molar-refractivity contribution >= 4 is 11.8 Å². The SMILES string of the molecule is C[C@@H](NC(=O)C1CCN(C(=O)c2cccnc2)CC1)C1CC1. The van der Waals surface area contributed by atoms with E-state index in [2.05, 4.69) is 17.2 Å². The molecule has 3 rings (SSSR count). The monoisotopic (exact) mass is 301 g/mol. The molecule has 1 atom stereocenters. The van der Waals surface area contributed by atoms with Crippen LogP contribution in [0.4, 0.5) is 0 Å². The molecule has 0 bridgehead atoms. The Balaban J connectivity index is 1.49. The van der Waals surface area contributed by atoms with E-state index in [1.54, 1.807) is 24.5 Å². The topological polar surface area (TPSA) is 62.3 Å². The second-order valence-electron chi connectivity index (χ2n) is 6.44. The third kappa shape index (κ3) is 3.46. The van der Waals surface area contributed by atoms with Gasteiger partial charge < -0.3 is 10.2 Å². The van der Waals surface area contributed by atoms with E-state index in [4.69, 9.17) is 0 Å². The van der Waals surface area contributed by atoms with Crippen LogP contribution in [-0.2, 0) is 4.79 Å². The van der Waals surface area contributed by atoms with Gasteiger partial charge in [-0.25, -0.2) is 0 Å². The minimum Gasteiger partial charge on any atom is -0.353 e. The fraction of sp³-hybridized carbons (Fsp3) is 0.588. The lowest BCUT2D eigenvalue weighted by Gasteiger charge is -2.32. The van der Waals surface area contributed by atoms with Crippen LogP contribution in [0.5, 0.6) is 0 Å². The highest BCUT2D eigenvalue weighted by atomic mass is 16.2. The molecule has 1 saturated heterocycles. The lowest BCUT2D eigenvalue weighted by atomic mass is 9.95. The number of nitrogens with zero attached hydrogens (tertiary/aromatic N) is 2. The average Bonchev–Trinajstić information content (AvgIpc) is 3.40. The molecule has 2 fully saturated rings. The second kappa shape index (κ2) is 6.46. The number of hydrogen-bond acceptors (Lipinski definition) is 3. The van der Waals surface area contributed by atoms with Gasteiger partial charge >= 0.3 is 0 Å². The molecule has 1 N–H and O–H groups in total. The van der Waals surface area contributed by atoms with Crippen LogP contribution in [0.25, 0.3) is 0 Å². The third-order valence-corrected chi connectivity index (χ3v) is 4.76. The largest absolute Gasteiger partial charge is 0.353 e. The highest BCUT2D eigenvalue weighted by molar-refractivity contribution is 5.94. The van der Waals surface area contributed by atoms with Gasteiger partial charge in [0.2, 0.25) is 5.91 Å². The van der Waals surface area contributed by atoms with Gasteiger partial charge in [-0.05, 0) is 50.7 Å². The summed E-state index contributed by atoms with van der Waals surface area (Å²) in [5, 5.41) is 3.13. The van der Waals surface area contributed by atoms with E-state index in [1.807, 2.05) is 4.90 Å². The summed E-state index contributed by atoms with van der Waals surface area (Å²) >= 11 is 0. The van der Waals surface area contributed by atoms with Crippen LogP contribution in [0, 0.1) is 11.8 Å². The summed E-state index contributed by atoms with van der Waals surface area (Å²) < 4.78 is 0. The molecule has 2 aliphatic rings. The van der Waals surface area contributed by atoms with Crippen molar-refractivity contribution in [2.24, 2.45) is 11.8 Å². The highest BCUT2D eigenvalue weighted by Crippen LogP contribution is 2.32. The Morgan fingerprint density at radius 3 is 2.59 bits per heavy atom. The molecular weight excluding hydrogens is 278 g/mol. The molecule has 2 amide bonds. The zero-order valence-electron chi connectivity index (χ0n) is 13.0. The lowest BCUT2D eigenvalue weighted by molar-refractivity contribution is -0.127. The van der Waals surface area contributed by atoms with Crippen molar-refractivity contribution in [2.75, 3.05) is 13.1 Å². The van der Waals surface area contributed by atoms with Crippen LogP contribution in [-0.4, -0.2) is 40.8 Å². The molecule has 5 nitrogen and oxygen atoms in total. The molecule has 0 unspecified atom stereocenters. The lowest BCUT2D eigenvalue weighted by Crippen LogP contribution is -2.45. The van der Waals surface area contributed by atoms with E-state index in [1.165, 1.54) is 12.8 Å². The Bertz CT molecular complexity index is 534. The van der Waals surface area contributed by atoms with Crippen LogP contribution in [0.15, 0.2) is 24.5 Å². The van der Waals surface area contributed by atoms with E-state index < -0.39 is 0 Å². The van der Waals surface area contributed by atoms with Crippen molar-refractivity contribution in [3.05, 3.63) is 30.1 Å². The second-order valence-corrected chi connectivity index (χ2v) is 6.44. The van der Waals surface area contributed by atoms with Gasteiger partial charge in [-0.3, -0.25) is 14.6 Å². The number of aromatic nitrogens is 1. The number of carbonyl (C=O) groups is 2. The van der Waals surface area contributed by atoms with Crippen molar-refractivity contribution in [3.8, 4) is 0 Å². The van der Waals surface area contributed by atoms with Crippen molar-refractivity contribution in [3.63, 3.8) is 0 Å². The van der Waals surface area contributed by atoms with E-state index >= 15 is 0 Å². The van der Waals surface area contributed by atoms with Gasteiger partial charge in [-0.15, -0.1) is 0 Å². The number of rotatable bonds is 4. The standard InChI is InChI=1S/C17H23N3O2/c1-12(13-4-5-13)19-16(21)14-6-9-20(10-7-14)17(22)15-3-2-8-18-11-15/h2-3,8,11-14H,4-7,9-10H2,1H3,(H,19,21)/t12-/m1/s1. The maximum atomic E-state index is 12.3. The molecule has 22 heavy (non-hydrogen) atoms. The van der Waals surface area contributed by atoms with E-state index in [-0.39, 0.29) is 17.7 Å². The first-order valence-corrected chi connectivity index (χ1v) is 8.15. The van der Waals surface area contributed by atoms with E-state index in [0.717, 1.165) is 12.8 Å². The third-order valence-electron chi connectivity index (χ3n) is 4.76. The summed E-state index contributed by atoms with van der Waals surface area (Å²) in [5.74, 6) is 0.890. The summed E-state index contributed by atoms with van der Waals surface area (Å²) in [6.07, 6.45) is 7.22. The summed E-state index contributed by atoms with van der Waals surface area (Å²) in [5.41, 5.74) is 0.618. The number of hydrogen-bond donors (Lipinski definition) is 1. The first-order chi connectivity index (χ1) is 10.6. The molecule has 2 heterocycles. The van der Waals surface area contributed by atoms with Crippen LogP contribution in [0.3, 0.4) is 0 Å². The van der Waals surface area contributed by atoms with Crippen molar-refractivity contribution < 1.29 is 9.59 Å². The Labute approximate surface area is 131 Å². The summed E-state index contributed by atoms with van der Waals surface area (Å²) in [6.45, 7) is 3.38. The van der Waals surface area contributed by atoms with Gasteiger partial charge in [0, 0.05) is 37.4 Å². The molecule has 1 aliphatic carbocycles. The molecule has 1 aromatic heterocycles. The number of piperidine rings is 1. The van der Waals surface area contributed by atoms with E-state index in [0.29, 0.717) is 30.6 Å². The minimum atomic E-state index is 0.0123. The van der Waals surface area contributed by atoms with Crippen molar-refractivity contribution in [1.29, 1.82) is 0 Å². The van der Waals surface area contributed by atoms with Gasteiger partial charge in [0.1, 0.15) is 0 Å². The molecule has 1 saturated carbocycles. The van der Waals surface area contributed by atoms with Crippen LogP contribution < -0.4 is 5.32 Å². The normalized spacial score (nSPS) is 20.5. The number of carbonyl (C=O) groups excluding carboxylic acids is 2. The molecule has 5 heteroatoms. The summed E-state index contributed by atoms with van der Waals surface area (Å²) in [6, 6.07) is 3.85. The highest BCUT2D eigenvalue weighted by Gasteiger charge is 2.32. The average molecular weight is 301 g/mol. The Hall–Kier alpha value is -1.91. The minimum absolute atomic E-state index is 0.0123. The first-order valence-electron chi connectivity index (χ1n) is 8.15. The maximum Gasteiger partial charge on any atom is 0.255 e. The fourth-order valence-electron chi connectivity index (χ4n) is 3.07. The molecule has 0 radical (unpaired) electrons. The van der Waals surface area contributed by atoms with Gasteiger partial charge in [-0.1, -0.05) is 0 Å². The molecule has 118 valence electrons. The van der Waals surface area contributed by atoms with Gasteiger partial charge in [0.15, 0.2) is 0 Å². The van der Waals surface area contributed by atoms with Crippen molar-refractivity contribution in [1.82, 2.24) is 15.2 Å². The van der Waals surface area contributed by atoms with Crippen LogP contribution in [0.2, 0.25) is 0 Å². The van der Waals surface area contributed by atoms with Gasteiger partial charge in [-0.2, -0.15) is 0 Å². The van der Waals surface area contributed by atoms with Crippen LogP contribution in [0.1, 0.15) is 43.0 Å². The summed E-state index contributed by atoms with van der Waals surface area (Å²) in [4.78, 5) is 30.4. The quantitative estimate of drug-likeness (QED) is 0.923. The summed E-state index contributed by atoms with van der Waals surface area (Å²) in [7, 11) is 0. The molecular formula is C17H23N3O2. The predicted molar refractivity (Wildman–Crippen MR) is 83.2 cm³/mol. The molecule has 0 aromatic carbocycles. The maximum absolute atomic E-state index is 12.3. The zero-order valence-corrected chi connectivity index (χ0v) is 13.0. The number of pyridine rings is 1. The van der Waals surface area contributed by atoms with Crippen molar-refractivity contribution in [2.45, 2.75) is 38.6 Å².